The summed E-state index contributed by atoms with van der Waals surface area (Å²) in [7, 11) is 0. The van der Waals surface area contributed by atoms with E-state index in [4.69, 9.17) is 4.42 Å². The second kappa shape index (κ2) is 6.69. The van der Waals surface area contributed by atoms with Crippen molar-refractivity contribution in [2.24, 2.45) is 0 Å². The zero-order valence-corrected chi connectivity index (χ0v) is 18.7. The van der Waals surface area contributed by atoms with E-state index in [0.717, 1.165) is 31.8 Å². The first-order valence-electron chi connectivity index (χ1n) is 10.7. The summed E-state index contributed by atoms with van der Waals surface area (Å²) in [6.45, 7) is 0. The number of benzene rings is 6. The minimum Gasteiger partial charge on any atom is -0.455 e. The molecule has 7 rings (SSSR count). The molecule has 1 aromatic heterocycles. The van der Waals surface area contributed by atoms with Gasteiger partial charge in [-0.05, 0) is 72.2 Å². The Morgan fingerprint density at radius 2 is 1.09 bits per heavy atom. The van der Waals surface area contributed by atoms with E-state index in [2.05, 4.69) is 119 Å². The molecule has 6 aromatic carbocycles. The summed E-state index contributed by atoms with van der Waals surface area (Å²) in [5.74, 6) is 0. The van der Waals surface area contributed by atoms with Gasteiger partial charge in [-0.2, -0.15) is 0 Å². The molecule has 0 unspecified atom stereocenters. The van der Waals surface area contributed by atoms with Crippen LogP contribution in [-0.4, -0.2) is 0 Å². The lowest BCUT2D eigenvalue weighted by Gasteiger charge is -2.14. The Labute approximate surface area is 193 Å². The molecule has 0 aliphatic heterocycles. The van der Waals surface area contributed by atoms with E-state index >= 15 is 0 Å². The predicted octanol–water partition coefficient (Wildman–Crippen LogP) is 9.48. The van der Waals surface area contributed by atoms with Gasteiger partial charge in [-0.1, -0.05) is 84.9 Å². The molecule has 0 bridgehead atoms. The van der Waals surface area contributed by atoms with Crippen LogP contribution < -0.4 is 0 Å². The van der Waals surface area contributed by atoms with Gasteiger partial charge in [0.1, 0.15) is 11.2 Å². The average Bonchev–Trinajstić information content (AvgIpc) is 3.23. The number of fused-ring (bicyclic) bond motifs is 7. The Kier molecular flexibility index (Phi) is 3.76. The maximum Gasteiger partial charge on any atom is 0.143 e. The Hall–Kier alpha value is -3.62. The highest BCUT2D eigenvalue weighted by molar-refractivity contribution is 9.10. The fraction of sp³-hybridized carbons (Fsp3) is 0. The zero-order chi connectivity index (χ0) is 21.2. The minimum absolute atomic E-state index is 0.921. The number of halogens is 1. The number of hydrogen-bond acceptors (Lipinski definition) is 1. The van der Waals surface area contributed by atoms with E-state index in [1.54, 1.807) is 0 Å². The van der Waals surface area contributed by atoms with Crippen molar-refractivity contribution in [3.05, 3.63) is 108 Å². The van der Waals surface area contributed by atoms with Gasteiger partial charge in [0.15, 0.2) is 0 Å². The van der Waals surface area contributed by atoms with E-state index in [-0.39, 0.29) is 0 Å². The molecule has 0 amide bonds. The predicted molar refractivity (Wildman–Crippen MR) is 139 cm³/mol. The Balaban J connectivity index is 1.59. The summed E-state index contributed by atoms with van der Waals surface area (Å²) in [6, 6.07) is 36.6. The normalized spacial score (nSPS) is 11.9. The van der Waals surface area contributed by atoms with Crippen molar-refractivity contribution in [3.63, 3.8) is 0 Å². The molecule has 0 atom stereocenters. The Morgan fingerprint density at radius 3 is 1.81 bits per heavy atom. The van der Waals surface area contributed by atoms with E-state index in [1.165, 1.54) is 38.1 Å². The van der Waals surface area contributed by atoms with Crippen LogP contribution in [0.25, 0.3) is 65.4 Å². The zero-order valence-electron chi connectivity index (χ0n) is 17.1. The van der Waals surface area contributed by atoms with Crippen LogP contribution in [0.1, 0.15) is 0 Å². The monoisotopic (exact) mass is 472 g/mol. The summed E-state index contributed by atoms with van der Waals surface area (Å²) >= 11 is 3.86. The summed E-state index contributed by atoms with van der Waals surface area (Å²) < 4.78 is 7.61. The van der Waals surface area contributed by atoms with Crippen LogP contribution >= 0.6 is 15.9 Å². The summed E-state index contributed by atoms with van der Waals surface area (Å²) in [5.41, 5.74) is 4.29. The summed E-state index contributed by atoms with van der Waals surface area (Å²) in [5, 5.41) is 9.58. The second-order valence-electron chi connectivity index (χ2n) is 8.26. The van der Waals surface area contributed by atoms with Gasteiger partial charge in [-0.25, -0.2) is 0 Å². The Bertz CT molecular complexity index is 1780. The third-order valence-electron chi connectivity index (χ3n) is 6.52. The molecule has 1 heterocycles. The summed E-state index contributed by atoms with van der Waals surface area (Å²) in [4.78, 5) is 0. The molecular weight excluding hydrogens is 456 g/mol. The lowest BCUT2D eigenvalue weighted by atomic mass is 9.91. The molecule has 0 spiro atoms. The molecule has 0 radical (unpaired) electrons. The van der Waals surface area contributed by atoms with Crippen LogP contribution in [0.5, 0.6) is 0 Å². The molecule has 0 fully saturated rings. The Morgan fingerprint density at radius 1 is 0.500 bits per heavy atom. The fourth-order valence-corrected chi connectivity index (χ4v) is 5.74. The van der Waals surface area contributed by atoms with Crippen molar-refractivity contribution in [3.8, 4) is 11.1 Å². The first-order chi connectivity index (χ1) is 15.8. The van der Waals surface area contributed by atoms with Crippen LogP contribution in [-0.2, 0) is 0 Å². The highest BCUT2D eigenvalue weighted by atomic mass is 79.9. The molecule has 32 heavy (non-hydrogen) atoms. The quantitative estimate of drug-likeness (QED) is 0.217. The van der Waals surface area contributed by atoms with Gasteiger partial charge < -0.3 is 4.42 Å². The van der Waals surface area contributed by atoms with E-state index in [1.807, 2.05) is 0 Å². The van der Waals surface area contributed by atoms with Crippen LogP contribution in [0.15, 0.2) is 112 Å². The molecule has 2 heteroatoms. The lowest BCUT2D eigenvalue weighted by molar-refractivity contribution is 0.673. The number of furan rings is 1. The largest absolute Gasteiger partial charge is 0.455 e. The standard InChI is InChI=1S/C30H17BrO/c31-29-24-11-5-3-9-22(24)28(23-10-4-6-12-25(23)29)19-14-15-21-26-16-13-18-7-1-2-8-20(18)30(26)32-27(21)17-19/h1-17H. The van der Waals surface area contributed by atoms with Gasteiger partial charge in [0.05, 0.1) is 0 Å². The van der Waals surface area contributed by atoms with Crippen LogP contribution in [0, 0.1) is 0 Å². The van der Waals surface area contributed by atoms with Crippen molar-refractivity contribution >= 4 is 70.2 Å². The van der Waals surface area contributed by atoms with Crippen molar-refractivity contribution in [2.75, 3.05) is 0 Å². The number of hydrogen-bond donors (Lipinski definition) is 0. The van der Waals surface area contributed by atoms with Gasteiger partial charge >= 0.3 is 0 Å². The van der Waals surface area contributed by atoms with Crippen molar-refractivity contribution < 1.29 is 4.42 Å². The fourth-order valence-electron chi connectivity index (χ4n) is 5.05. The third kappa shape index (κ3) is 2.44. The van der Waals surface area contributed by atoms with E-state index < -0.39 is 0 Å². The summed E-state index contributed by atoms with van der Waals surface area (Å²) in [6.07, 6.45) is 0. The van der Waals surface area contributed by atoms with E-state index in [0.29, 0.717) is 0 Å². The van der Waals surface area contributed by atoms with Crippen molar-refractivity contribution in [1.29, 1.82) is 0 Å². The van der Waals surface area contributed by atoms with Crippen molar-refractivity contribution in [2.45, 2.75) is 0 Å². The highest BCUT2D eigenvalue weighted by Crippen LogP contribution is 2.43. The molecule has 1 nitrogen and oxygen atoms in total. The van der Waals surface area contributed by atoms with Gasteiger partial charge in [0.25, 0.3) is 0 Å². The molecule has 0 aliphatic carbocycles. The SMILES string of the molecule is Brc1c2ccccc2c(-c2ccc3c(c2)oc2c4ccccc4ccc32)c2ccccc12. The number of rotatable bonds is 1. The van der Waals surface area contributed by atoms with E-state index in [9.17, 15) is 0 Å². The van der Waals surface area contributed by atoms with Crippen LogP contribution in [0.3, 0.4) is 0 Å². The highest BCUT2D eigenvalue weighted by Gasteiger charge is 2.16. The maximum absolute atomic E-state index is 6.47. The molecule has 0 aliphatic rings. The molecule has 0 saturated carbocycles. The molecule has 7 aromatic rings. The third-order valence-corrected chi connectivity index (χ3v) is 7.37. The smallest absolute Gasteiger partial charge is 0.143 e. The van der Waals surface area contributed by atoms with Gasteiger partial charge in [0, 0.05) is 20.6 Å². The minimum atomic E-state index is 0.921. The van der Waals surface area contributed by atoms with Gasteiger partial charge in [-0.3, -0.25) is 0 Å². The topological polar surface area (TPSA) is 13.1 Å². The average molecular weight is 473 g/mol. The van der Waals surface area contributed by atoms with Gasteiger partial charge in [0.2, 0.25) is 0 Å². The van der Waals surface area contributed by atoms with Crippen molar-refractivity contribution in [1.82, 2.24) is 0 Å². The first kappa shape index (κ1) is 18.0. The van der Waals surface area contributed by atoms with Crippen LogP contribution in [0.2, 0.25) is 0 Å². The molecule has 150 valence electrons. The molecule has 0 saturated heterocycles. The molecule has 0 N–H and O–H groups in total. The second-order valence-corrected chi connectivity index (χ2v) is 9.05. The maximum atomic E-state index is 6.47. The molecular formula is C30H17BrO. The van der Waals surface area contributed by atoms with Crippen LogP contribution in [0.4, 0.5) is 0 Å². The van der Waals surface area contributed by atoms with Gasteiger partial charge in [-0.15, -0.1) is 0 Å². The first-order valence-corrected chi connectivity index (χ1v) is 11.5. The lowest BCUT2D eigenvalue weighted by Crippen LogP contribution is -1.87.